The number of para-hydroxylation sites is 1. The van der Waals surface area contributed by atoms with Gasteiger partial charge in [-0.25, -0.2) is 0 Å². The zero-order valence-electron chi connectivity index (χ0n) is 9.47. The molecule has 1 aliphatic rings. The molecule has 2 heteroatoms. The second kappa shape index (κ2) is 3.90. The van der Waals surface area contributed by atoms with E-state index in [1.54, 1.807) is 0 Å². The Morgan fingerprint density at radius 3 is 2.47 bits per heavy atom. The van der Waals surface area contributed by atoms with E-state index in [-0.39, 0.29) is 0 Å². The van der Waals surface area contributed by atoms with Gasteiger partial charge in [0, 0.05) is 6.42 Å². The zero-order valence-corrected chi connectivity index (χ0v) is 9.47. The first-order valence-corrected chi connectivity index (χ1v) is 5.77. The lowest BCUT2D eigenvalue weighted by molar-refractivity contribution is -0.0216. The highest BCUT2D eigenvalue weighted by Gasteiger charge is 2.35. The van der Waals surface area contributed by atoms with Crippen LogP contribution in [0.1, 0.15) is 11.1 Å². The molecule has 3 rings (SSSR count). The molecule has 86 valence electrons. The molecule has 0 spiro atoms. The van der Waals surface area contributed by atoms with Crippen LogP contribution in [0.3, 0.4) is 0 Å². The van der Waals surface area contributed by atoms with Crippen molar-refractivity contribution in [1.29, 1.82) is 0 Å². The summed E-state index contributed by atoms with van der Waals surface area (Å²) in [6.07, 6.45) is 0.604. The second-order valence-electron chi connectivity index (χ2n) is 4.47. The van der Waals surface area contributed by atoms with Crippen molar-refractivity contribution in [3.63, 3.8) is 0 Å². The Morgan fingerprint density at radius 2 is 1.65 bits per heavy atom. The van der Waals surface area contributed by atoms with Crippen molar-refractivity contribution < 1.29 is 9.84 Å². The van der Waals surface area contributed by atoms with E-state index in [2.05, 4.69) is 0 Å². The van der Waals surface area contributed by atoms with E-state index in [0.717, 1.165) is 16.9 Å². The summed E-state index contributed by atoms with van der Waals surface area (Å²) in [6, 6.07) is 17.6. The van der Waals surface area contributed by atoms with E-state index >= 15 is 0 Å². The van der Waals surface area contributed by atoms with Crippen LogP contribution in [0.15, 0.2) is 54.6 Å². The number of aliphatic hydroxyl groups is 1. The average Bonchev–Trinajstić information content (AvgIpc) is 2.40. The van der Waals surface area contributed by atoms with Gasteiger partial charge in [0.25, 0.3) is 0 Å². The first kappa shape index (κ1) is 10.4. The Bertz CT molecular complexity index is 521. The molecule has 2 aromatic carbocycles. The Labute approximate surface area is 100 Å². The fraction of sp³-hybridized carbons (Fsp3) is 0.200. The minimum absolute atomic E-state index is 0.314. The summed E-state index contributed by atoms with van der Waals surface area (Å²) in [6.45, 7) is 0.314. The van der Waals surface area contributed by atoms with Crippen LogP contribution in [0.2, 0.25) is 0 Å². The van der Waals surface area contributed by atoms with Crippen LogP contribution in [-0.4, -0.2) is 11.7 Å². The van der Waals surface area contributed by atoms with E-state index in [1.165, 1.54) is 0 Å². The van der Waals surface area contributed by atoms with Gasteiger partial charge >= 0.3 is 0 Å². The van der Waals surface area contributed by atoms with Crippen LogP contribution in [0.4, 0.5) is 0 Å². The van der Waals surface area contributed by atoms with Crippen LogP contribution in [0, 0.1) is 0 Å². The van der Waals surface area contributed by atoms with Crippen molar-refractivity contribution in [2.75, 3.05) is 6.61 Å². The number of benzene rings is 2. The highest BCUT2D eigenvalue weighted by Crippen LogP contribution is 2.34. The van der Waals surface area contributed by atoms with Crippen molar-refractivity contribution in [2.45, 2.75) is 12.0 Å². The van der Waals surface area contributed by atoms with Crippen LogP contribution < -0.4 is 4.74 Å². The summed E-state index contributed by atoms with van der Waals surface area (Å²) in [4.78, 5) is 0. The maximum absolute atomic E-state index is 10.7. The predicted molar refractivity (Wildman–Crippen MR) is 66.0 cm³/mol. The molecule has 0 radical (unpaired) electrons. The van der Waals surface area contributed by atoms with Gasteiger partial charge in [-0.05, 0) is 17.2 Å². The lowest BCUT2D eigenvalue weighted by atomic mass is 9.86. The van der Waals surface area contributed by atoms with Gasteiger partial charge in [-0.15, -0.1) is 0 Å². The summed E-state index contributed by atoms with van der Waals surface area (Å²) in [5, 5.41) is 10.7. The van der Waals surface area contributed by atoms with Crippen molar-refractivity contribution in [3.8, 4) is 5.75 Å². The third kappa shape index (κ3) is 1.81. The van der Waals surface area contributed by atoms with Crippen molar-refractivity contribution in [3.05, 3.63) is 65.7 Å². The fourth-order valence-electron chi connectivity index (χ4n) is 2.29. The largest absolute Gasteiger partial charge is 0.490 e. The molecule has 1 N–H and O–H groups in total. The van der Waals surface area contributed by atoms with E-state index in [1.807, 2.05) is 54.6 Å². The standard InChI is InChI=1S/C15H14O2/c16-15(13-7-2-1-3-8-13)10-12-6-4-5-9-14(12)17-11-15/h1-9,16H,10-11H2. The second-order valence-corrected chi connectivity index (χ2v) is 4.47. The number of hydrogen-bond donors (Lipinski definition) is 1. The average molecular weight is 226 g/mol. The molecule has 0 fully saturated rings. The van der Waals surface area contributed by atoms with Crippen LogP contribution in [0.25, 0.3) is 0 Å². The molecular weight excluding hydrogens is 212 g/mol. The van der Waals surface area contributed by atoms with Gasteiger partial charge in [-0.3, -0.25) is 0 Å². The Kier molecular flexibility index (Phi) is 2.37. The van der Waals surface area contributed by atoms with Crippen LogP contribution in [-0.2, 0) is 12.0 Å². The molecule has 2 aromatic rings. The van der Waals surface area contributed by atoms with Gasteiger partial charge in [0.1, 0.15) is 18.0 Å². The number of rotatable bonds is 1. The van der Waals surface area contributed by atoms with E-state index in [0.29, 0.717) is 13.0 Å². The molecule has 1 heterocycles. The minimum atomic E-state index is -0.907. The van der Waals surface area contributed by atoms with Crippen molar-refractivity contribution in [2.24, 2.45) is 0 Å². The molecular formula is C15H14O2. The molecule has 0 amide bonds. The van der Waals surface area contributed by atoms with E-state index in [4.69, 9.17) is 4.74 Å². The molecule has 0 aromatic heterocycles. The van der Waals surface area contributed by atoms with Crippen molar-refractivity contribution in [1.82, 2.24) is 0 Å². The molecule has 17 heavy (non-hydrogen) atoms. The predicted octanol–water partition coefficient (Wildman–Crippen LogP) is 2.51. The maximum Gasteiger partial charge on any atom is 0.128 e. The lowest BCUT2D eigenvalue weighted by Gasteiger charge is -2.33. The summed E-state index contributed by atoms with van der Waals surface area (Å²) < 4.78 is 5.64. The molecule has 0 saturated carbocycles. The van der Waals surface area contributed by atoms with Gasteiger partial charge in [0.2, 0.25) is 0 Å². The maximum atomic E-state index is 10.7. The normalized spacial score (nSPS) is 22.6. The molecule has 0 bridgehead atoms. The van der Waals surface area contributed by atoms with Gasteiger partial charge in [-0.2, -0.15) is 0 Å². The smallest absolute Gasteiger partial charge is 0.128 e. The highest BCUT2D eigenvalue weighted by atomic mass is 16.5. The Morgan fingerprint density at radius 1 is 0.941 bits per heavy atom. The molecule has 1 aliphatic heterocycles. The first-order valence-electron chi connectivity index (χ1n) is 5.77. The topological polar surface area (TPSA) is 29.5 Å². The SMILES string of the molecule is OC1(c2ccccc2)COc2ccccc2C1. The van der Waals surface area contributed by atoms with Gasteiger partial charge < -0.3 is 9.84 Å². The number of fused-ring (bicyclic) bond motifs is 1. The summed E-state index contributed by atoms with van der Waals surface area (Å²) >= 11 is 0. The first-order chi connectivity index (χ1) is 8.28. The summed E-state index contributed by atoms with van der Waals surface area (Å²) in [5.74, 6) is 0.883. The quantitative estimate of drug-likeness (QED) is 0.809. The van der Waals surface area contributed by atoms with E-state index in [9.17, 15) is 5.11 Å². The van der Waals surface area contributed by atoms with Crippen molar-refractivity contribution >= 4 is 0 Å². The zero-order chi connectivity index (χ0) is 11.7. The van der Waals surface area contributed by atoms with Crippen LogP contribution in [0.5, 0.6) is 5.75 Å². The van der Waals surface area contributed by atoms with Gasteiger partial charge in [0.15, 0.2) is 0 Å². The molecule has 1 atom stereocenters. The summed E-state index contributed by atoms with van der Waals surface area (Å²) in [7, 11) is 0. The minimum Gasteiger partial charge on any atom is -0.490 e. The fourth-order valence-corrected chi connectivity index (χ4v) is 2.29. The van der Waals surface area contributed by atoms with Crippen LogP contribution >= 0.6 is 0 Å². The number of ether oxygens (including phenoxy) is 1. The highest BCUT2D eigenvalue weighted by molar-refractivity contribution is 5.39. The Balaban J connectivity index is 1.98. The third-order valence-corrected chi connectivity index (χ3v) is 3.23. The van der Waals surface area contributed by atoms with Gasteiger partial charge in [0.05, 0.1) is 0 Å². The number of hydrogen-bond acceptors (Lipinski definition) is 2. The molecule has 2 nitrogen and oxygen atoms in total. The third-order valence-electron chi connectivity index (χ3n) is 3.23. The molecule has 0 saturated heterocycles. The van der Waals surface area contributed by atoms with Gasteiger partial charge in [-0.1, -0.05) is 48.5 Å². The molecule has 0 aliphatic carbocycles. The lowest BCUT2D eigenvalue weighted by Crippen LogP contribution is -2.38. The Hall–Kier alpha value is -1.80. The monoisotopic (exact) mass is 226 g/mol. The molecule has 1 unspecified atom stereocenters. The summed E-state index contributed by atoms with van der Waals surface area (Å²) in [5.41, 5.74) is 1.06. The van der Waals surface area contributed by atoms with E-state index < -0.39 is 5.60 Å².